The molecule has 0 saturated carbocycles. The Morgan fingerprint density at radius 1 is 1.33 bits per heavy atom. The van der Waals surface area contributed by atoms with Gasteiger partial charge in [0.1, 0.15) is 5.82 Å². The quantitative estimate of drug-likeness (QED) is 0.883. The lowest BCUT2D eigenvalue weighted by Crippen LogP contribution is -2.28. The van der Waals surface area contributed by atoms with E-state index < -0.39 is 0 Å². The van der Waals surface area contributed by atoms with Crippen molar-refractivity contribution >= 4 is 0 Å². The summed E-state index contributed by atoms with van der Waals surface area (Å²) < 4.78 is 15.2. The first-order valence-electron chi connectivity index (χ1n) is 7.52. The molecule has 0 unspecified atom stereocenters. The summed E-state index contributed by atoms with van der Waals surface area (Å²) in [6.45, 7) is 10.1. The third kappa shape index (κ3) is 3.91. The second-order valence-electron chi connectivity index (χ2n) is 5.58. The predicted octanol–water partition coefficient (Wildman–Crippen LogP) is 3.38. The van der Waals surface area contributed by atoms with Crippen LogP contribution in [0, 0.1) is 19.7 Å². The Morgan fingerprint density at radius 3 is 2.71 bits per heavy atom. The van der Waals surface area contributed by atoms with E-state index in [1.165, 1.54) is 17.3 Å². The molecule has 0 bridgehead atoms. The summed E-state index contributed by atoms with van der Waals surface area (Å²) >= 11 is 0. The molecule has 0 aliphatic rings. The van der Waals surface area contributed by atoms with Gasteiger partial charge < -0.3 is 5.32 Å². The molecule has 4 heteroatoms. The molecule has 1 atom stereocenters. The number of rotatable bonds is 6. The molecule has 0 aliphatic carbocycles. The van der Waals surface area contributed by atoms with Crippen molar-refractivity contribution in [1.82, 2.24) is 15.1 Å². The smallest absolute Gasteiger partial charge is 0.123 e. The van der Waals surface area contributed by atoms with E-state index >= 15 is 0 Å². The summed E-state index contributed by atoms with van der Waals surface area (Å²) in [6, 6.07) is 7.09. The number of halogens is 1. The second kappa shape index (κ2) is 6.85. The van der Waals surface area contributed by atoms with E-state index in [-0.39, 0.29) is 11.9 Å². The summed E-state index contributed by atoms with van der Waals surface area (Å²) in [4.78, 5) is 0. The van der Waals surface area contributed by atoms with Crippen molar-refractivity contribution in [2.45, 2.75) is 53.2 Å². The van der Waals surface area contributed by atoms with Gasteiger partial charge in [0.2, 0.25) is 0 Å². The van der Waals surface area contributed by atoms with Gasteiger partial charge in [-0.15, -0.1) is 0 Å². The van der Waals surface area contributed by atoms with Gasteiger partial charge in [-0.05, 0) is 51.8 Å². The van der Waals surface area contributed by atoms with Crippen molar-refractivity contribution in [2.75, 3.05) is 0 Å². The van der Waals surface area contributed by atoms with Gasteiger partial charge >= 0.3 is 0 Å². The summed E-state index contributed by atoms with van der Waals surface area (Å²) in [7, 11) is 0. The van der Waals surface area contributed by atoms with Crippen LogP contribution in [0.2, 0.25) is 0 Å². The molecule has 114 valence electrons. The molecule has 21 heavy (non-hydrogen) atoms. The topological polar surface area (TPSA) is 29.9 Å². The molecule has 0 amide bonds. The minimum Gasteiger partial charge on any atom is -0.310 e. The number of nitrogens with one attached hydrogen (secondary N) is 1. The van der Waals surface area contributed by atoms with E-state index in [2.05, 4.69) is 31.2 Å². The Kier molecular flexibility index (Phi) is 5.12. The molecule has 0 aliphatic heterocycles. The van der Waals surface area contributed by atoms with Crippen LogP contribution in [0.3, 0.4) is 0 Å². The molecule has 1 aromatic heterocycles. The van der Waals surface area contributed by atoms with Gasteiger partial charge in [0, 0.05) is 30.4 Å². The maximum Gasteiger partial charge on any atom is 0.123 e. The van der Waals surface area contributed by atoms with Crippen LogP contribution in [0.4, 0.5) is 4.39 Å². The van der Waals surface area contributed by atoms with E-state index in [4.69, 9.17) is 0 Å². The highest BCUT2D eigenvalue weighted by atomic mass is 19.1. The van der Waals surface area contributed by atoms with Crippen molar-refractivity contribution in [3.8, 4) is 0 Å². The van der Waals surface area contributed by atoms with Crippen molar-refractivity contribution < 1.29 is 4.39 Å². The van der Waals surface area contributed by atoms with Crippen LogP contribution >= 0.6 is 0 Å². The van der Waals surface area contributed by atoms with Crippen LogP contribution in [-0.4, -0.2) is 15.8 Å². The fourth-order valence-electron chi connectivity index (χ4n) is 2.66. The highest BCUT2D eigenvalue weighted by Crippen LogP contribution is 2.13. The van der Waals surface area contributed by atoms with Crippen LogP contribution in [0.5, 0.6) is 0 Å². The molecule has 2 rings (SSSR count). The summed E-state index contributed by atoms with van der Waals surface area (Å²) in [6.07, 6.45) is 0.817. The molecule has 3 nitrogen and oxygen atoms in total. The minimum absolute atomic E-state index is 0.171. The molecule has 0 fully saturated rings. The third-order valence-electron chi connectivity index (χ3n) is 3.89. The van der Waals surface area contributed by atoms with Crippen molar-refractivity contribution in [1.29, 1.82) is 0 Å². The number of aryl methyl sites for hydroxylation is 2. The average Bonchev–Trinajstić information content (AvgIpc) is 2.71. The first kappa shape index (κ1) is 15.7. The van der Waals surface area contributed by atoms with Crippen LogP contribution in [0.1, 0.15) is 36.4 Å². The van der Waals surface area contributed by atoms with E-state index in [9.17, 15) is 4.39 Å². The molecule has 2 aromatic rings. The summed E-state index contributed by atoms with van der Waals surface area (Å²) in [5.41, 5.74) is 4.59. The highest BCUT2D eigenvalue weighted by Gasteiger charge is 2.11. The van der Waals surface area contributed by atoms with E-state index in [0.29, 0.717) is 0 Å². The largest absolute Gasteiger partial charge is 0.310 e. The van der Waals surface area contributed by atoms with E-state index in [1.54, 1.807) is 12.1 Å². The number of nitrogens with zero attached hydrogens (tertiary/aromatic N) is 2. The SMILES string of the molecule is CCn1nc(C)c(CN[C@H](C)Cc2cccc(F)c2)c1C. The number of hydrogen-bond donors (Lipinski definition) is 1. The maximum atomic E-state index is 13.2. The third-order valence-corrected chi connectivity index (χ3v) is 3.89. The van der Waals surface area contributed by atoms with Gasteiger partial charge in [0.15, 0.2) is 0 Å². The lowest BCUT2D eigenvalue weighted by atomic mass is 10.1. The highest BCUT2D eigenvalue weighted by molar-refractivity contribution is 5.24. The van der Waals surface area contributed by atoms with E-state index in [1.807, 2.05) is 17.7 Å². The van der Waals surface area contributed by atoms with Gasteiger partial charge in [0.05, 0.1) is 5.69 Å². The van der Waals surface area contributed by atoms with Crippen LogP contribution < -0.4 is 5.32 Å². The van der Waals surface area contributed by atoms with Crippen molar-refractivity contribution in [3.05, 3.63) is 52.6 Å². The molecular formula is C17H24FN3. The Morgan fingerprint density at radius 2 is 2.10 bits per heavy atom. The van der Waals surface area contributed by atoms with Crippen LogP contribution in [0.15, 0.2) is 24.3 Å². The first-order chi connectivity index (χ1) is 10.0. The molecule has 0 saturated heterocycles. The maximum absolute atomic E-state index is 13.2. The van der Waals surface area contributed by atoms with Crippen molar-refractivity contribution in [2.24, 2.45) is 0 Å². The minimum atomic E-state index is -0.171. The van der Waals surface area contributed by atoms with E-state index in [0.717, 1.165) is 30.8 Å². The summed E-state index contributed by atoms with van der Waals surface area (Å²) in [5, 5.41) is 8.04. The molecule has 1 heterocycles. The zero-order valence-corrected chi connectivity index (χ0v) is 13.3. The monoisotopic (exact) mass is 289 g/mol. The molecular weight excluding hydrogens is 265 g/mol. The van der Waals surface area contributed by atoms with Gasteiger partial charge in [-0.25, -0.2) is 4.39 Å². The fourth-order valence-corrected chi connectivity index (χ4v) is 2.66. The average molecular weight is 289 g/mol. The molecule has 1 N–H and O–H groups in total. The lowest BCUT2D eigenvalue weighted by molar-refractivity contribution is 0.540. The van der Waals surface area contributed by atoms with Gasteiger partial charge in [0.25, 0.3) is 0 Å². The number of hydrogen-bond acceptors (Lipinski definition) is 2. The lowest BCUT2D eigenvalue weighted by Gasteiger charge is -2.14. The van der Waals surface area contributed by atoms with Gasteiger partial charge in [-0.3, -0.25) is 4.68 Å². The molecule has 0 radical (unpaired) electrons. The zero-order chi connectivity index (χ0) is 15.4. The Labute approximate surface area is 126 Å². The molecule has 0 spiro atoms. The van der Waals surface area contributed by atoms with Gasteiger partial charge in [-0.2, -0.15) is 5.10 Å². The zero-order valence-electron chi connectivity index (χ0n) is 13.3. The predicted molar refractivity (Wildman–Crippen MR) is 83.8 cm³/mol. The fraction of sp³-hybridized carbons (Fsp3) is 0.471. The van der Waals surface area contributed by atoms with Crippen LogP contribution in [-0.2, 0) is 19.5 Å². The second-order valence-corrected chi connectivity index (χ2v) is 5.58. The van der Waals surface area contributed by atoms with Crippen molar-refractivity contribution in [3.63, 3.8) is 0 Å². The first-order valence-corrected chi connectivity index (χ1v) is 7.52. The standard InChI is InChI=1S/C17H24FN3/c1-5-21-14(4)17(13(3)20-21)11-19-12(2)9-15-7-6-8-16(18)10-15/h6-8,10,12,19H,5,9,11H2,1-4H3/t12-/m1/s1. The summed E-state index contributed by atoms with van der Waals surface area (Å²) in [5.74, 6) is -0.171. The Bertz CT molecular complexity index is 604. The number of aromatic nitrogens is 2. The van der Waals surface area contributed by atoms with Gasteiger partial charge in [-0.1, -0.05) is 12.1 Å². The van der Waals surface area contributed by atoms with Crippen LogP contribution in [0.25, 0.3) is 0 Å². The Hall–Kier alpha value is -1.68. The normalized spacial score (nSPS) is 12.6. The molecule has 1 aromatic carbocycles. The Balaban J connectivity index is 1.95. The number of benzene rings is 1.